The first-order valence-corrected chi connectivity index (χ1v) is 6.22. The Bertz CT molecular complexity index is 375. The Morgan fingerprint density at radius 3 is 2.62 bits per heavy atom. The summed E-state index contributed by atoms with van der Waals surface area (Å²) in [6.07, 6.45) is 1.41. The van der Waals surface area contributed by atoms with Crippen molar-refractivity contribution < 1.29 is 8.78 Å². The number of halogens is 3. The molecular weight excluding hydrogens is 276 g/mol. The van der Waals surface area contributed by atoms with Gasteiger partial charge in [0.15, 0.2) is 0 Å². The first-order valence-electron chi connectivity index (χ1n) is 5.43. The highest BCUT2D eigenvalue weighted by molar-refractivity contribution is 9.10. The van der Waals surface area contributed by atoms with Gasteiger partial charge in [-0.15, -0.1) is 0 Å². The molecule has 16 heavy (non-hydrogen) atoms. The number of hydrogen-bond donors (Lipinski definition) is 1. The molecule has 0 spiro atoms. The van der Waals surface area contributed by atoms with Crippen LogP contribution in [0.5, 0.6) is 0 Å². The molecule has 0 amide bonds. The van der Waals surface area contributed by atoms with Crippen molar-refractivity contribution in [3.05, 3.63) is 34.1 Å². The number of rotatable bonds is 2. The van der Waals surface area contributed by atoms with Gasteiger partial charge in [-0.25, -0.2) is 8.78 Å². The normalized spacial score (nSPS) is 19.7. The van der Waals surface area contributed by atoms with Crippen molar-refractivity contribution in [1.82, 2.24) is 5.32 Å². The zero-order valence-corrected chi connectivity index (χ0v) is 10.5. The van der Waals surface area contributed by atoms with E-state index in [1.54, 1.807) is 6.07 Å². The molecule has 0 saturated carbocycles. The summed E-state index contributed by atoms with van der Waals surface area (Å²) in [6.45, 7) is 1.44. The molecule has 1 aromatic carbocycles. The van der Waals surface area contributed by atoms with Gasteiger partial charge in [-0.3, -0.25) is 0 Å². The molecule has 0 aliphatic carbocycles. The first-order chi connectivity index (χ1) is 7.59. The van der Waals surface area contributed by atoms with E-state index in [1.807, 2.05) is 0 Å². The Morgan fingerprint density at radius 2 is 2.00 bits per heavy atom. The summed E-state index contributed by atoms with van der Waals surface area (Å²) in [4.78, 5) is 0. The van der Waals surface area contributed by atoms with Gasteiger partial charge in [0.1, 0.15) is 11.5 Å². The van der Waals surface area contributed by atoms with Crippen LogP contribution in [0.4, 0.5) is 8.78 Å². The third kappa shape index (κ3) is 2.80. The largest absolute Gasteiger partial charge is 0.316 e. The molecular formula is C12H14BrF2N. The Kier molecular flexibility index (Phi) is 3.60. The van der Waals surface area contributed by atoms with Crippen LogP contribution < -0.4 is 5.32 Å². The average molecular weight is 290 g/mol. The molecule has 88 valence electrons. The van der Waals surface area contributed by atoms with Crippen molar-refractivity contribution in [2.75, 3.05) is 13.1 Å². The number of nitrogens with one attached hydrogen (secondary N) is 1. The van der Waals surface area contributed by atoms with E-state index in [9.17, 15) is 8.78 Å². The van der Waals surface area contributed by atoms with Gasteiger partial charge in [-0.1, -0.05) is 22.0 Å². The monoisotopic (exact) mass is 289 g/mol. The molecule has 0 radical (unpaired) electrons. The zero-order valence-electron chi connectivity index (χ0n) is 8.90. The average Bonchev–Trinajstić information content (AvgIpc) is 2.23. The standard InChI is InChI=1S/C12H14BrF2N/c13-11-7-10(14)2-1-9(11)8-12(15)3-5-16-6-4-12/h1-2,7,16H,3-6,8H2. The number of benzene rings is 1. The third-order valence-electron chi connectivity index (χ3n) is 3.02. The Morgan fingerprint density at radius 1 is 1.31 bits per heavy atom. The smallest absolute Gasteiger partial charge is 0.124 e. The van der Waals surface area contributed by atoms with Crippen LogP contribution in [0.3, 0.4) is 0 Å². The first kappa shape index (κ1) is 12.0. The topological polar surface area (TPSA) is 12.0 Å². The highest BCUT2D eigenvalue weighted by Crippen LogP contribution is 2.30. The lowest BCUT2D eigenvalue weighted by molar-refractivity contribution is 0.116. The van der Waals surface area contributed by atoms with Gasteiger partial charge in [0.05, 0.1) is 0 Å². The van der Waals surface area contributed by atoms with E-state index in [0.717, 1.165) is 18.7 Å². The molecule has 0 aromatic heterocycles. The SMILES string of the molecule is Fc1ccc(CC2(F)CCNCC2)c(Br)c1. The minimum atomic E-state index is -1.15. The number of piperidine rings is 1. The highest BCUT2D eigenvalue weighted by Gasteiger charge is 2.32. The van der Waals surface area contributed by atoms with Crippen LogP contribution in [-0.4, -0.2) is 18.8 Å². The lowest BCUT2D eigenvalue weighted by Gasteiger charge is -2.30. The summed E-state index contributed by atoms with van der Waals surface area (Å²) in [5, 5.41) is 3.14. The Labute approximate surface area is 102 Å². The van der Waals surface area contributed by atoms with Crippen LogP contribution in [0.25, 0.3) is 0 Å². The molecule has 2 rings (SSSR count). The van der Waals surface area contributed by atoms with Crippen molar-refractivity contribution in [2.45, 2.75) is 24.9 Å². The number of alkyl halides is 1. The molecule has 1 aliphatic heterocycles. The van der Waals surface area contributed by atoms with Crippen LogP contribution in [0, 0.1) is 5.82 Å². The fourth-order valence-electron chi connectivity index (χ4n) is 2.06. The maximum atomic E-state index is 14.4. The zero-order chi connectivity index (χ0) is 11.6. The van der Waals surface area contributed by atoms with Crippen molar-refractivity contribution in [3.8, 4) is 0 Å². The van der Waals surface area contributed by atoms with Crippen LogP contribution in [0.1, 0.15) is 18.4 Å². The van der Waals surface area contributed by atoms with E-state index in [2.05, 4.69) is 21.2 Å². The second-order valence-electron chi connectivity index (χ2n) is 4.31. The molecule has 1 N–H and O–H groups in total. The summed E-state index contributed by atoms with van der Waals surface area (Å²) >= 11 is 3.28. The molecule has 1 aromatic rings. The molecule has 4 heteroatoms. The second kappa shape index (κ2) is 4.80. The fraction of sp³-hybridized carbons (Fsp3) is 0.500. The summed E-state index contributed by atoms with van der Waals surface area (Å²) < 4.78 is 27.9. The molecule has 0 unspecified atom stereocenters. The van der Waals surface area contributed by atoms with Gasteiger partial charge >= 0.3 is 0 Å². The minimum Gasteiger partial charge on any atom is -0.316 e. The minimum absolute atomic E-state index is 0.297. The van der Waals surface area contributed by atoms with Gasteiger partial charge in [-0.2, -0.15) is 0 Å². The highest BCUT2D eigenvalue weighted by atomic mass is 79.9. The lowest BCUT2D eigenvalue weighted by Crippen LogP contribution is -2.40. The fourth-order valence-corrected chi connectivity index (χ4v) is 2.55. The predicted molar refractivity (Wildman–Crippen MR) is 63.7 cm³/mol. The summed E-state index contributed by atoms with van der Waals surface area (Å²) in [5.41, 5.74) is -0.309. The quantitative estimate of drug-likeness (QED) is 0.882. The van der Waals surface area contributed by atoms with Gasteiger partial charge in [0.25, 0.3) is 0 Å². The van der Waals surface area contributed by atoms with Gasteiger partial charge in [0.2, 0.25) is 0 Å². The Hall–Kier alpha value is -0.480. The maximum absolute atomic E-state index is 14.4. The van der Waals surface area contributed by atoms with E-state index in [-0.39, 0.29) is 5.82 Å². The Balaban J connectivity index is 2.13. The summed E-state index contributed by atoms with van der Waals surface area (Å²) in [7, 11) is 0. The predicted octanol–water partition coefficient (Wildman–Crippen LogP) is 3.22. The van der Waals surface area contributed by atoms with Crippen LogP contribution in [0.15, 0.2) is 22.7 Å². The maximum Gasteiger partial charge on any atom is 0.124 e. The summed E-state index contributed by atoms with van der Waals surface area (Å²) in [6, 6.07) is 4.42. The molecule has 1 fully saturated rings. The van der Waals surface area contributed by atoms with Crippen molar-refractivity contribution in [1.29, 1.82) is 0 Å². The van der Waals surface area contributed by atoms with Crippen molar-refractivity contribution in [3.63, 3.8) is 0 Å². The lowest BCUT2D eigenvalue weighted by atomic mass is 9.88. The summed E-state index contributed by atoms with van der Waals surface area (Å²) in [5.74, 6) is -0.297. The molecule has 0 atom stereocenters. The van der Waals surface area contributed by atoms with Crippen molar-refractivity contribution in [2.24, 2.45) is 0 Å². The van der Waals surface area contributed by atoms with E-state index < -0.39 is 5.67 Å². The molecule has 0 bridgehead atoms. The van der Waals surface area contributed by atoms with Crippen LogP contribution in [0.2, 0.25) is 0 Å². The van der Waals surface area contributed by atoms with Crippen LogP contribution >= 0.6 is 15.9 Å². The molecule has 1 saturated heterocycles. The molecule has 1 nitrogen and oxygen atoms in total. The van der Waals surface area contributed by atoms with Gasteiger partial charge in [-0.05, 0) is 43.6 Å². The van der Waals surface area contributed by atoms with Crippen LogP contribution in [-0.2, 0) is 6.42 Å². The van der Waals surface area contributed by atoms with E-state index >= 15 is 0 Å². The number of hydrogen-bond acceptors (Lipinski definition) is 1. The van der Waals surface area contributed by atoms with Gasteiger partial charge < -0.3 is 5.32 Å². The van der Waals surface area contributed by atoms with Crippen molar-refractivity contribution >= 4 is 15.9 Å². The van der Waals surface area contributed by atoms with E-state index in [1.165, 1.54) is 12.1 Å². The molecule has 1 aliphatic rings. The van der Waals surface area contributed by atoms with Gasteiger partial charge in [0, 0.05) is 10.9 Å². The third-order valence-corrected chi connectivity index (χ3v) is 3.76. The second-order valence-corrected chi connectivity index (χ2v) is 5.17. The molecule has 1 heterocycles. The van der Waals surface area contributed by atoms with E-state index in [4.69, 9.17) is 0 Å². The van der Waals surface area contributed by atoms with E-state index in [0.29, 0.717) is 23.7 Å².